The zero-order valence-electron chi connectivity index (χ0n) is 11.0. The van der Waals surface area contributed by atoms with Crippen LogP contribution in [-0.2, 0) is 4.74 Å². The Morgan fingerprint density at radius 3 is 2.50 bits per heavy atom. The highest BCUT2D eigenvalue weighted by Crippen LogP contribution is 2.32. The molecular formula is C13H18FNO2S. The van der Waals surface area contributed by atoms with Crippen molar-refractivity contribution in [2.45, 2.75) is 30.9 Å². The second kappa shape index (κ2) is 6.09. The summed E-state index contributed by atoms with van der Waals surface area (Å²) in [6.45, 7) is 6.14. The molecule has 0 amide bonds. The summed E-state index contributed by atoms with van der Waals surface area (Å²) in [4.78, 5) is 11.9. The number of hydrogen-bond donors (Lipinski definition) is 1. The number of anilines is 1. The average Bonchev–Trinajstić information content (AvgIpc) is 2.31. The molecule has 0 fully saturated rings. The summed E-state index contributed by atoms with van der Waals surface area (Å²) in [5, 5.41) is 0.244. The van der Waals surface area contributed by atoms with Gasteiger partial charge in [0.15, 0.2) is 0 Å². The van der Waals surface area contributed by atoms with E-state index in [1.807, 2.05) is 6.92 Å². The van der Waals surface area contributed by atoms with E-state index in [4.69, 9.17) is 5.73 Å². The van der Waals surface area contributed by atoms with Gasteiger partial charge < -0.3 is 10.5 Å². The minimum Gasteiger partial charge on any atom is -0.465 e. The third-order valence-electron chi connectivity index (χ3n) is 2.76. The van der Waals surface area contributed by atoms with Crippen LogP contribution < -0.4 is 5.73 Å². The minimum absolute atomic E-state index is 0.0981. The monoisotopic (exact) mass is 271 g/mol. The Morgan fingerprint density at radius 2 is 2.00 bits per heavy atom. The van der Waals surface area contributed by atoms with E-state index in [1.165, 1.54) is 31.0 Å². The van der Waals surface area contributed by atoms with Gasteiger partial charge in [-0.25, -0.2) is 9.18 Å². The summed E-state index contributed by atoms with van der Waals surface area (Å²) < 4.78 is 18.4. The molecule has 100 valence electrons. The maximum Gasteiger partial charge on any atom is 0.339 e. The van der Waals surface area contributed by atoms with Crippen molar-refractivity contribution in [3.8, 4) is 0 Å². The predicted molar refractivity (Wildman–Crippen MR) is 72.3 cm³/mol. The largest absolute Gasteiger partial charge is 0.465 e. The van der Waals surface area contributed by atoms with Gasteiger partial charge in [-0.3, -0.25) is 0 Å². The molecule has 2 N–H and O–H groups in total. The summed E-state index contributed by atoms with van der Waals surface area (Å²) in [5.41, 5.74) is 5.91. The molecule has 5 heteroatoms. The molecule has 18 heavy (non-hydrogen) atoms. The number of carbonyl (C=O) groups excluding carboxylic acids is 1. The van der Waals surface area contributed by atoms with Crippen molar-refractivity contribution < 1.29 is 13.9 Å². The van der Waals surface area contributed by atoms with E-state index in [9.17, 15) is 9.18 Å². The van der Waals surface area contributed by atoms with E-state index in [0.717, 1.165) is 0 Å². The molecular weight excluding hydrogens is 253 g/mol. The number of carbonyl (C=O) groups is 1. The van der Waals surface area contributed by atoms with Gasteiger partial charge in [0.2, 0.25) is 0 Å². The maximum absolute atomic E-state index is 13.8. The molecule has 3 nitrogen and oxygen atoms in total. The lowest BCUT2D eigenvalue weighted by atomic mass is 10.1. The minimum atomic E-state index is -0.549. The molecule has 0 aliphatic rings. The van der Waals surface area contributed by atoms with Gasteiger partial charge in [0.05, 0.1) is 12.7 Å². The predicted octanol–water partition coefficient (Wildman–Crippen LogP) is 3.33. The lowest BCUT2D eigenvalue weighted by Crippen LogP contribution is -2.09. The number of rotatable bonds is 4. The van der Waals surface area contributed by atoms with Crippen LogP contribution in [0.25, 0.3) is 0 Å². The van der Waals surface area contributed by atoms with Crippen LogP contribution in [0.3, 0.4) is 0 Å². The Kier molecular flexibility index (Phi) is 5.02. The van der Waals surface area contributed by atoms with Gasteiger partial charge in [-0.2, -0.15) is 0 Å². The summed E-state index contributed by atoms with van der Waals surface area (Å²) in [6, 6.07) is 2.63. The van der Waals surface area contributed by atoms with Gasteiger partial charge in [0, 0.05) is 15.8 Å². The first-order valence-electron chi connectivity index (χ1n) is 5.70. The van der Waals surface area contributed by atoms with Gasteiger partial charge >= 0.3 is 5.97 Å². The van der Waals surface area contributed by atoms with Crippen LogP contribution in [0.4, 0.5) is 10.1 Å². The highest BCUT2D eigenvalue weighted by atomic mass is 32.2. The third kappa shape index (κ3) is 3.38. The van der Waals surface area contributed by atoms with E-state index in [2.05, 4.69) is 18.6 Å². The van der Waals surface area contributed by atoms with Crippen molar-refractivity contribution in [3.05, 3.63) is 23.5 Å². The van der Waals surface area contributed by atoms with Crippen LogP contribution in [0.1, 0.15) is 31.1 Å². The number of esters is 1. The van der Waals surface area contributed by atoms with Crippen LogP contribution in [0.15, 0.2) is 17.0 Å². The smallest absolute Gasteiger partial charge is 0.339 e. The Balaban J connectivity index is 3.09. The summed E-state index contributed by atoms with van der Waals surface area (Å²) >= 11 is 1.39. The number of methoxy groups -OCH3 is 1. The first kappa shape index (κ1) is 14.8. The van der Waals surface area contributed by atoms with Crippen molar-refractivity contribution in [1.82, 2.24) is 0 Å². The van der Waals surface area contributed by atoms with E-state index in [-0.39, 0.29) is 16.5 Å². The van der Waals surface area contributed by atoms with E-state index in [0.29, 0.717) is 10.8 Å². The fourth-order valence-electron chi connectivity index (χ4n) is 1.28. The number of hydrogen-bond acceptors (Lipinski definition) is 4. The Morgan fingerprint density at radius 1 is 1.39 bits per heavy atom. The van der Waals surface area contributed by atoms with Gasteiger partial charge in [0.1, 0.15) is 5.82 Å². The third-order valence-corrected chi connectivity index (χ3v) is 4.24. The molecule has 0 aromatic heterocycles. The number of benzene rings is 1. The van der Waals surface area contributed by atoms with Crippen molar-refractivity contribution in [2.75, 3.05) is 12.8 Å². The Bertz CT molecular complexity index is 449. The van der Waals surface area contributed by atoms with Crippen molar-refractivity contribution in [3.63, 3.8) is 0 Å². The summed E-state index contributed by atoms with van der Waals surface area (Å²) in [5.74, 6) is -0.544. The van der Waals surface area contributed by atoms with Crippen molar-refractivity contribution >= 4 is 23.4 Å². The molecule has 1 rings (SSSR count). The molecule has 0 bridgehead atoms. The summed E-state index contributed by atoms with van der Waals surface area (Å²) in [7, 11) is 1.27. The quantitative estimate of drug-likeness (QED) is 0.518. The Hall–Kier alpha value is -1.23. The first-order chi connectivity index (χ1) is 8.36. The number of nitrogen functional groups attached to an aromatic ring is 1. The van der Waals surface area contributed by atoms with Crippen LogP contribution in [0.2, 0.25) is 0 Å². The molecule has 0 aliphatic carbocycles. The lowest BCUT2D eigenvalue weighted by Gasteiger charge is -2.16. The molecule has 0 heterocycles. The fourth-order valence-corrected chi connectivity index (χ4v) is 2.31. The second-order valence-corrected chi connectivity index (χ2v) is 5.85. The lowest BCUT2D eigenvalue weighted by molar-refractivity contribution is 0.0601. The first-order valence-corrected chi connectivity index (χ1v) is 6.58. The molecule has 0 saturated heterocycles. The molecule has 1 unspecified atom stereocenters. The maximum atomic E-state index is 13.8. The van der Waals surface area contributed by atoms with E-state index < -0.39 is 11.8 Å². The molecule has 0 aliphatic heterocycles. The van der Waals surface area contributed by atoms with Crippen LogP contribution in [-0.4, -0.2) is 18.3 Å². The zero-order valence-corrected chi connectivity index (χ0v) is 11.8. The van der Waals surface area contributed by atoms with E-state index in [1.54, 1.807) is 0 Å². The molecule has 1 aromatic rings. The number of halogens is 1. The highest BCUT2D eigenvalue weighted by Gasteiger charge is 2.17. The van der Waals surface area contributed by atoms with Crippen molar-refractivity contribution in [2.24, 2.45) is 5.92 Å². The van der Waals surface area contributed by atoms with Gasteiger partial charge in [-0.1, -0.05) is 20.8 Å². The topological polar surface area (TPSA) is 52.3 Å². The molecule has 0 spiro atoms. The number of ether oxygens (including phenoxy) is 1. The Labute approximate surface area is 111 Å². The molecule has 1 aromatic carbocycles. The summed E-state index contributed by atoms with van der Waals surface area (Å²) in [6.07, 6.45) is 0. The second-order valence-electron chi connectivity index (χ2n) is 4.43. The van der Waals surface area contributed by atoms with Gasteiger partial charge in [0.25, 0.3) is 0 Å². The SMILES string of the molecule is COC(=O)c1cc(SC(C)C(C)C)c(F)cc1N. The zero-order chi connectivity index (χ0) is 13.9. The number of thioether (sulfide) groups is 1. The average molecular weight is 271 g/mol. The van der Waals surface area contributed by atoms with Crippen molar-refractivity contribution in [1.29, 1.82) is 0 Å². The van der Waals surface area contributed by atoms with Gasteiger partial charge in [-0.05, 0) is 18.1 Å². The van der Waals surface area contributed by atoms with E-state index >= 15 is 0 Å². The molecule has 0 radical (unpaired) electrons. The van der Waals surface area contributed by atoms with Crippen LogP contribution >= 0.6 is 11.8 Å². The normalized spacial score (nSPS) is 12.6. The highest BCUT2D eigenvalue weighted by molar-refractivity contribution is 8.00. The molecule has 0 saturated carbocycles. The van der Waals surface area contributed by atoms with Crippen LogP contribution in [0.5, 0.6) is 0 Å². The number of nitrogens with two attached hydrogens (primary N) is 1. The molecule has 1 atom stereocenters. The van der Waals surface area contributed by atoms with Crippen LogP contribution in [0, 0.1) is 11.7 Å². The van der Waals surface area contributed by atoms with Gasteiger partial charge in [-0.15, -0.1) is 11.8 Å². The fraction of sp³-hybridized carbons (Fsp3) is 0.462. The standard InChI is InChI=1S/C13H18FNO2S/c1-7(2)8(3)18-12-5-9(13(16)17-4)11(15)6-10(12)14/h5-8H,15H2,1-4H3.